The van der Waals surface area contributed by atoms with Gasteiger partial charge >= 0.3 is 0 Å². The van der Waals surface area contributed by atoms with Crippen LogP contribution < -0.4 is 0 Å². The number of amides is 1. The molecule has 100 valence electrons. The van der Waals surface area contributed by atoms with Crippen molar-refractivity contribution in [3.63, 3.8) is 0 Å². The van der Waals surface area contributed by atoms with Crippen molar-refractivity contribution in [2.45, 2.75) is 20.0 Å². The van der Waals surface area contributed by atoms with E-state index in [1.807, 2.05) is 25.8 Å². The van der Waals surface area contributed by atoms with Crippen molar-refractivity contribution >= 4 is 21.8 Å². The molecule has 0 aromatic carbocycles. The van der Waals surface area contributed by atoms with E-state index in [1.165, 1.54) is 0 Å². The average molecular weight is 316 g/mol. The highest BCUT2D eigenvalue weighted by Gasteiger charge is 2.27. The minimum absolute atomic E-state index is 0.0624. The Labute approximate surface area is 115 Å². The molecule has 5 nitrogen and oxygen atoms in total. The second-order valence-corrected chi connectivity index (χ2v) is 5.22. The zero-order chi connectivity index (χ0) is 13.3. The lowest BCUT2D eigenvalue weighted by atomic mass is 10.1. The summed E-state index contributed by atoms with van der Waals surface area (Å²) in [4.78, 5) is 14.4. The number of rotatable bonds is 2. The van der Waals surface area contributed by atoms with Gasteiger partial charge in [0, 0.05) is 31.2 Å². The molecule has 0 saturated carbocycles. The van der Waals surface area contributed by atoms with E-state index in [0.29, 0.717) is 19.7 Å². The lowest BCUT2D eigenvalue weighted by molar-refractivity contribution is -0.00971. The van der Waals surface area contributed by atoms with Crippen LogP contribution in [0.3, 0.4) is 0 Å². The van der Waals surface area contributed by atoms with E-state index in [9.17, 15) is 4.79 Å². The molecule has 6 heteroatoms. The highest BCUT2D eigenvalue weighted by Crippen LogP contribution is 2.17. The molecule has 2 rings (SSSR count). The van der Waals surface area contributed by atoms with Crippen molar-refractivity contribution in [3.05, 3.63) is 17.0 Å². The Morgan fingerprint density at radius 2 is 2.28 bits per heavy atom. The molecule has 0 aliphatic carbocycles. The summed E-state index contributed by atoms with van der Waals surface area (Å²) in [5.74, 6) is 0.0624. The van der Waals surface area contributed by atoms with E-state index in [4.69, 9.17) is 4.74 Å². The third-order valence-corrected chi connectivity index (χ3v) is 4.04. The summed E-state index contributed by atoms with van der Waals surface area (Å²) in [6.07, 6.45) is 0.0833. The van der Waals surface area contributed by atoms with Gasteiger partial charge in [0.2, 0.25) is 0 Å². The normalized spacial score (nSPS) is 20.2. The van der Waals surface area contributed by atoms with Crippen LogP contribution in [-0.2, 0) is 11.8 Å². The summed E-state index contributed by atoms with van der Waals surface area (Å²) in [7, 11) is 1.86. The summed E-state index contributed by atoms with van der Waals surface area (Å²) < 4.78 is 7.30. The van der Waals surface area contributed by atoms with Crippen LogP contribution >= 0.6 is 15.9 Å². The number of halogens is 1. The van der Waals surface area contributed by atoms with E-state index in [2.05, 4.69) is 21.0 Å². The van der Waals surface area contributed by atoms with Crippen molar-refractivity contribution in [2.24, 2.45) is 7.05 Å². The van der Waals surface area contributed by atoms with Gasteiger partial charge in [-0.05, 0) is 13.8 Å². The molecule has 1 aromatic rings. The van der Waals surface area contributed by atoms with E-state index < -0.39 is 0 Å². The molecule has 0 bridgehead atoms. The Morgan fingerprint density at radius 3 is 2.83 bits per heavy atom. The van der Waals surface area contributed by atoms with Crippen molar-refractivity contribution in [1.29, 1.82) is 0 Å². The predicted octanol–water partition coefficient (Wildman–Crippen LogP) is 1.27. The third-order valence-electron chi connectivity index (χ3n) is 3.32. The maximum Gasteiger partial charge on any atom is 0.257 e. The Morgan fingerprint density at radius 1 is 1.56 bits per heavy atom. The fourth-order valence-electron chi connectivity index (χ4n) is 2.24. The predicted molar refractivity (Wildman–Crippen MR) is 72.1 cm³/mol. The van der Waals surface area contributed by atoms with E-state index in [1.54, 1.807) is 4.68 Å². The van der Waals surface area contributed by atoms with Crippen LogP contribution in [0.25, 0.3) is 0 Å². The first-order valence-electron chi connectivity index (χ1n) is 6.01. The average Bonchev–Trinajstić information content (AvgIpc) is 2.62. The number of aryl methyl sites for hydroxylation is 2. The topological polar surface area (TPSA) is 47.4 Å². The van der Waals surface area contributed by atoms with Crippen LogP contribution in [-0.4, -0.2) is 51.7 Å². The highest BCUT2D eigenvalue weighted by atomic mass is 79.9. The Bertz CT molecular complexity index is 458. The number of morpholine rings is 1. The molecule has 18 heavy (non-hydrogen) atoms. The number of aromatic nitrogens is 2. The lowest BCUT2D eigenvalue weighted by Gasteiger charge is -2.32. The first-order chi connectivity index (χ1) is 8.54. The summed E-state index contributed by atoms with van der Waals surface area (Å²) in [5.41, 5.74) is 2.44. The third kappa shape index (κ3) is 2.44. The van der Waals surface area contributed by atoms with Crippen LogP contribution in [0.4, 0.5) is 0 Å². The van der Waals surface area contributed by atoms with E-state index in [-0.39, 0.29) is 12.0 Å². The Kier molecular flexibility index (Phi) is 4.07. The van der Waals surface area contributed by atoms with Crippen molar-refractivity contribution in [3.8, 4) is 0 Å². The first kappa shape index (κ1) is 13.5. The summed E-state index contributed by atoms with van der Waals surface area (Å²) in [6.45, 7) is 5.69. The number of nitrogens with zero attached hydrogens (tertiary/aromatic N) is 3. The van der Waals surface area contributed by atoms with Crippen molar-refractivity contribution in [1.82, 2.24) is 14.7 Å². The van der Waals surface area contributed by atoms with Gasteiger partial charge in [0.15, 0.2) is 0 Å². The maximum atomic E-state index is 12.5. The van der Waals surface area contributed by atoms with Gasteiger partial charge in [-0.2, -0.15) is 5.10 Å². The van der Waals surface area contributed by atoms with Crippen molar-refractivity contribution < 1.29 is 9.53 Å². The second-order valence-electron chi connectivity index (χ2n) is 4.57. The quantitative estimate of drug-likeness (QED) is 0.772. The Hall–Kier alpha value is -0.880. The van der Waals surface area contributed by atoms with Crippen LogP contribution in [0, 0.1) is 13.8 Å². The van der Waals surface area contributed by atoms with Crippen LogP contribution in [0.2, 0.25) is 0 Å². The van der Waals surface area contributed by atoms with E-state index in [0.717, 1.165) is 22.3 Å². The molecule has 1 amide bonds. The largest absolute Gasteiger partial charge is 0.374 e. The zero-order valence-electron chi connectivity index (χ0n) is 10.9. The van der Waals surface area contributed by atoms with Gasteiger partial charge in [-0.3, -0.25) is 9.48 Å². The van der Waals surface area contributed by atoms with Crippen molar-refractivity contribution in [2.75, 3.05) is 25.0 Å². The van der Waals surface area contributed by atoms with Crippen LogP contribution in [0.15, 0.2) is 0 Å². The molecule has 0 spiro atoms. The molecule has 2 heterocycles. The molecule has 1 aliphatic rings. The smallest absolute Gasteiger partial charge is 0.257 e. The summed E-state index contributed by atoms with van der Waals surface area (Å²) >= 11 is 3.40. The van der Waals surface area contributed by atoms with Crippen LogP contribution in [0.5, 0.6) is 0 Å². The number of alkyl halides is 1. The SMILES string of the molecule is Cc1nn(C)c(C)c1C(=O)N1CCOC(CBr)C1. The first-order valence-corrected chi connectivity index (χ1v) is 7.13. The lowest BCUT2D eigenvalue weighted by Crippen LogP contribution is -2.46. The maximum absolute atomic E-state index is 12.5. The highest BCUT2D eigenvalue weighted by molar-refractivity contribution is 9.09. The molecule has 1 fully saturated rings. The standard InChI is InChI=1S/C12H18BrN3O2/c1-8-11(9(2)15(3)14-8)12(17)16-4-5-18-10(6-13)7-16/h10H,4-7H2,1-3H3. The van der Waals surface area contributed by atoms with Gasteiger partial charge in [0.05, 0.1) is 24.0 Å². The number of carbonyl (C=O) groups excluding carboxylic acids is 1. The van der Waals surface area contributed by atoms with Crippen LogP contribution in [0.1, 0.15) is 21.7 Å². The molecule has 1 atom stereocenters. The van der Waals surface area contributed by atoms with Gasteiger partial charge in [-0.1, -0.05) is 15.9 Å². The Balaban J connectivity index is 2.20. The van der Waals surface area contributed by atoms with Gasteiger partial charge < -0.3 is 9.64 Å². The molecular formula is C12H18BrN3O2. The molecule has 1 aromatic heterocycles. The fraction of sp³-hybridized carbons (Fsp3) is 0.667. The minimum Gasteiger partial charge on any atom is -0.374 e. The van der Waals surface area contributed by atoms with Gasteiger partial charge in [0.25, 0.3) is 5.91 Å². The molecule has 0 N–H and O–H groups in total. The van der Waals surface area contributed by atoms with Gasteiger partial charge in [-0.25, -0.2) is 0 Å². The fourth-order valence-corrected chi connectivity index (χ4v) is 2.63. The summed E-state index contributed by atoms with van der Waals surface area (Å²) in [5, 5.41) is 5.05. The molecule has 1 aliphatic heterocycles. The zero-order valence-corrected chi connectivity index (χ0v) is 12.5. The monoisotopic (exact) mass is 315 g/mol. The van der Waals surface area contributed by atoms with Gasteiger partial charge in [0.1, 0.15) is 0 Å². The minimum atomic E-state index is 0.0624. The van der Waals surface area contributed by atoms with Gasteiger partial charge in [-0.15, -0.1) is 0 Å². The molecule has 1 unspecified atom stereocenters. The molecular weight excluding hydrogens is 298 g/mol. The number of hydrogen-bond donors (Lipinski definition) is 0. The second kappa shape index (κ2) is 5.40. The molecule has 0 radical (unpaired) electrons. The number of hydrogen-bond acceptors (Lipinski definition) is 3. The number of carbonyl (C=O) groups is 1. The number of ether oxygens (including phenoxy) is 1. The van der Waals surface area contributed by atoms with E-state index >= 15 is 0 Å². The summed E-state index contributed by atoms with van der Waals surface area (Å²) in [6, 6.07) is 0. The molecule has 1 saturated heterocycles.